The van der Waals surface area contributed by atoms with Crippen LogP contribution in [0.4, 0.5) is 0 Å². The Morgan fingerprint density at radius 3 is 3.00 bits per heavy atom. The molecule has 22 heavy (non-hydrogen) atoms. The van der Waals surface area contributed by atoms with Gasteiger partial charge in [0.2, 0.25) is 11.8 Å². The van der Waals surface area contributed by atoms with E-state index in [1.807, 2.05) is 24.6 Å². The first kappa shape index (κ1) is 14.7. The molecule has 0 spiro atoms. The summed E-state index contributed by atoms with van der Waals surface area (Å²) in [5.74, 6) is 2.64. The Balaban J connectivity index is 1.47. The molecule has 0 saturated heterocycles. The minimum atomic E-state index is -0.279. The number of aromatic nitrogens is 4. The normalized spacial score (nSPS) is 16.3. The molecular formula is C15H21N5O2. The van der Waals surface area contributed by atoms with Gasteiger partial charge in [-0.15, -0.1) is 0 Å². The van der Waals surface area contributed by atoms with Crippen LogP contribution in [0.25, 0.3) is 0 Å². The predicted molar refractivity (Wildman–Crippen MR) is 79.3 cm³/mol. The Bertz CT molecular complexity index is 644. The number of hydrogen-bond donors (Lipinski definition) is 1. The summed E-state index contributed by atoms with van der Waals surface area (Å²) in [4.78, 5) is 20.7. The van der Waals surface area contributed by atoms with E-state index in [1.165, 1.54) is 6.42 Å². The van der Waals surface area contributed by atoms with Crippen LogP contribution in [-0.2, 0) is 11.2 Å². The predicted octanol–water partition coefficient (Wildman–Crippen LogP) is 1.76. The summed E-state index contributed by atoms with van der Waals surface area (Å²) in [6, 6.07) is -0.279. The third-order valence-corrected chi connectivity index (χ3v) is 4.25. The second kappa shape index (κ2) is 6.29. The van der Waals surface area contributed by atoms with Gasteiger partial charge in [-0.2, -0.15) is 4.98 Å². The van der Waals surface area contributed by atoms with Crippen molar-refractivity contribution in [3.63, 3.8) is 0 Å². The molecule has 2 heterocycles. The molecule has 2 aromatic heterocycles. The van der Waals surface area contributed by atoms with E-state index in [0.717, 1.165) is 24.6 Å². The van der Waals surface area contributed by atoms with Gasteiger partial charge >= 0.3 is 0 Å². The lowest BCUT2D eigenvalue weighted by atomic mass is 9.85. The summed E-state index contributed by atoms with van der Waals surface area (Å²) in [7, 11) is 0. The van der Waals surface area contributed by atoms with Crippen molar-refractivity contribution in [2.75, 3.05) is 6.54 Å². The maximum Gasteiger partial charge on any atom is 0.242 e. The molecule has 1 fully saturated rings. The maximum atomic E-state index is 12.1. The van der Waals surface area contributed by atoms with E-state index in [2.05, 4.69) is 20.4 Å². The Labute approximate surface area is 129 Å². The van der Waals surface area contributed by atoms with Crippen LogP contribution in [-0.4, -0.2) is 32.1 Å². The number of amides is 1. The summed E-state index contributed by atoms with van der Waals surface area (Å²) in [6.45, 7) is 4.23. The van der Waals surface area contributed by atoms with E-state index in [-0.39, 0.29) is 11.9 Å². The molecule has 118 valence electrons. The SMILES string of the molecule is Cc1nccn1[C@H](C)C(=O)NCCc1noc(C2CCC2)n1. The third kappa shape index (κ3) is 3.03. The number of hydrogen-bond acceptors (Lipinski definition) is 5. The first-order valence-corrected chi connectivity index (χ1v) is 7.75. The topological polar surface area (TPSA) is 85.8 Å². The van der Waals surface area contributed by atoms with Crippen LogP contribution < -0.4 is 5.32 Å². The van der Waals surface area contributed by atoms with Gasteiger partial charge in [0.25, 0.3) is 0 Å². The summed E-state index contributed by atoms with van der Waals surface area (Å²) in [5, 5.41) is 6.88. The Hall–Kier alpha value is -2.18. The zero-order valence-corrected chi connectivity index (χ0v) is 13.0. The first-order valence-electron chi connectivity index (χ1n) is 7.75. The van der Waals surface area contributed by atoms with Gasteiger partial charge in [-0.05, 0) is 26.7 Å². The number of carbonyl (C=O) groups excluding carboxylic acids is 1. The highest BCUT2D eigenvalue weighted by molar-refractivity contribution is 5.79. The van der Waals surface area contributed by atoms with Crippen molar-refractivity contribution in [3.05, 3.63) is 29.9 Å². The molecule has 7 heteroatoms. The molecule has 1 amide bonds. The average Bonchev–Trinajstić information content (AvgIpc) is 3.05. The van der Waals surface area contributed by atoms with Gasteiger partial charge in [0, 0.05) is 31.3 Å². The number of carbonyl (C=O) groups is 1. The lowest BCUT2D eigenvalue weighted by Gasteiger charge is -2.20. The molecule has 1 saturated carbocycles. The Morgan fingerprint density at radius 2 is 2.36 bits per heavy atom. The smallest absolute Gasteiger partial charge is 0.242 e. The van der Waals surface area contributed by atoms with Crippen molar-refractivity contribution >= 4 is 5.91 Å². The standard InChI is InChI=1S/C15H21N5O2/c1-10(20-9-8-16-11(20)2)14(21)17-7-6-13-18-15(22-19-13)12-4-3-5-12/h8-10,12H,3-7H2,1-2H3,(H,17,21)/t10-/m1/s1. The molecule has 1 atom stereocenters. The van der Waals surface area contributed by atoms with Crippen LogP contribution in [0.3, 0.4) is 0 Å². The van der Waals surface area contributed by atoms with Crippen LogP contribution in [0.2, 0.25) is 0 Å². The lowest BCUT2D eigenvalue weighted by Crippen LogP contribution is -2.32. The number of aryl methyl sites for hydroxylation is 1. The fraction of sp³-hybridized carbons (Fsp3) is 0.600. The van der Waals surface area contributed by atoms with Crippen LogP contribution in [0, 0.1) is 6.92 Å². The van der Waals surface area contributed by atoms with E-state index in [9.17, 15) is 4.79 Å². The van der Waals surface area contributed by atoms with E-state index in [4.69, 9.17) is 4.52 Å². The number of nitrogens with zero attached hydrogens (tertiary/aromatic N) is 4. The van der Waals surface area contributed by atoms with E-state index >= 15 is 0 Å². The van der Waals surface area contributed by atoms with Gasteiger partial charge in [-0.25, -0.2) is 4.98 Å². The molecule has 0 unspecified atom stereocenters. The second-order valence-corrected chi connectivity index (χ2v) is 5.78. The zero-order chi connectivity index (χ0) is 15.5. The van der Waals surface area contributed by atoms with Crippen molar-refractivity contribution in [3.8, 4) is 0 Å². The highest BCUT2D eigenvalue weighted by Gasteiger charge is 2.25. The fourth-order valence-corrected chi connectivity index (χ4v) is 2.56. The molecular weight excluding hydrogens is 282 g/mol. The second-order valence-electron chi connectivity index (χ2n) is 5.78. The highest BCUT2D eigenvalue weighted by atomic mass is 16.5. The maximum absolute atomic E-state index is 12.1. The van der Waals surface area contributed by atoms with Crippen molar-refractivity contribution in [1.29, 1.82) is 0 Å². The third-order valence-electron chi connectivity index (χ3n) is 4.25. The van der Waals surface area contributed by atoms with Crippen LogP contribution in [0.1, 0.15) is 55.7 Å². The van der Waals surface area contributed by atoms with Crippen molar-refractivity contribution in [1.82, 2.24) is 25.0 Å². The van der Waals surface area contributed by atoms with Gasteiger partial charge in [-0.1, -0.05) is 11.6 Å². The molecule has 3 rings (SSSR count). The van der Waals surface area contributed by atoms with Gasteiger partial charge in [-0.3, -0.25) is 4.79 Å². The highest BCUT2D eigenvalue weighted by Crippen LogP contribution is 2.35. The van der Waals surface area contributed by atoms with Crippen LogP contribution in [0.5, 0.6) is 0 Å². The summed E-state index contributed by atoms with van der Waals surface area (Å²) < 4.78 is 7.11. The van der Waals surface area contributed by atoms with Crippen LogP contribution in [0.15, 0.2) is 16.9 Å². The molecule has 1 aliphatic rings. The minimum absolute atomic E-state index is 0.0381. The van der Waals surface area contributed by atoms with Gasteiger partial charge in [0.15, 0.2) is 5.82 Å². The van der Waals surface area contributed by atoms with Crippen LogP contribution >= 0.6 is 0 Å². The summed E-state index contributed by atoms with van der Waals surface area (Å²) in [5.41, 5.74) is 0. The molecule has 0 aromatic carbocycles. The minimum Gasteiger partial charge on any atom is -0.354 e. The number of imidazole rings is 1. The Morgan fingerprint density at radius 1 is 1.55 bits per heavy atom. The molecule has 1 aliphatic carbocycles. The van der Waals surface area contributed by atoms with E-state index in [0.29, 0.717) is 24.7 Å². The van der Waals surface area contributed by atoms with Crippen molar-refractivity contribution < 1.29 is 9.32 Å². The first-order chi connectivity index (χ1) is 10.6. The van der Waals surface area contributed by atoms with Gasteiger partial charge in [0.05, 0.1) is 0 Å². The molecule has 7 nitrogen and oxygen atoms in total. The summed E-state index contributed by atoms with van der Waals surface area (Å²) >= 11 is 0. The average molecular weight is 303 g/mol. The molecule has 0 aliphatic heterocycles. The van der Waals surface area contributed by atoms with Gasteiger partial charge < -0.3 is 14.4 Å². The largest absolute Gasteiger partial charge is 0.354 e. The molecule has 0 radical (unpaired) electrons. The number of rotatable bonds is 6. The quantitative estimate of drug-likeness (QED) is 0.879. The zero-order valence-electron chi connectivity index (χ0n) is 13.0. The van der Waals surface area contributed by atoms with Crippen molar-refractivity contribution in [2.24, 2.45) is 0 Å². The molecule has 2 aromatic rings. The molecule has 0 bridgehead atoms. The Kier molecular flexibility index (Phi) is 4.22. The van der Waals surface area contributed by atoms with E-state index < -0.39 is 0 Å². The monoisotopic (exact) mass is 303 g/mol. The van der Waals surface area contributed by atoms with Crippen molar-refractivity contribution in [2.45, 2.75) is 51.5 Å². The summed E-state index contributed by atoms with van der Waals surface area (Å²) in [6.07, 6.45) is 7.60. The van der Waals surface area contributed by atoms with E-state index in [1.54, 1.807) is 6.20 Å². The fourth-order valence-electron chi connectivity index (χ4n) is 2.56. The molecule has 1 N–H and O–H groups in total. The number of nitrogens with one attached hydrogen (secondary N) is 1. The lowest BCUT2D eigenvalue weighted by molar-refractivity contribution is -0.123. The van der Waals surface area contributed by atoms with Gasteiger partial charge in [0.1, 0.15) is 11.9 Å².